The normalized spacial score (nSPS) is 15.5. The number of carbonyl (C=O) groups excluding carboxylic acids is 1. The predicted octanol–water partition coefficient (Wildman–Crippen LogP) is 4.77. The Bertz CT molecular complexity index is 1830. The van der Waals surface area contributed by atoms with Crippen LogP contribution < -0.4 is 30.0 Å². The van der Waals surface area contributed by atoms with Crippen molar-refractivity contribution in [3.63, 3.8) is 0 Å². The minimum Gasteiger partial charge on any atom is -0.488 e. The smallest absolute Gasteiger partial charge is 0.236 e. The summed E-state index contributed by atoms with van der Waals surface area (Å²) in [5.41, 5.74) is 10.1. The van der Waals surface area contributed by atoms with E-state index in [-0.39, 0.29) is 31.6 Å². The van der Waals surface area contributed by atoms with E-state index in [2.05, 4.69) is 16.4 Å². The Morgan fingerprint density at radius 1 is 1.17 bits per heavy atom. The molecule has 10 nitrogen and oxygen atoms in total. The lowest BCUT2D eigenvalue weighted by atomic mass is 9.96. The number of nitrogens with zero attached hydrogens (tertiary/aromatic N) is 2. The number of aromatic nitrogens is 1. The number of nitrogens with two attached hydrogens (primary N) is 1. The van der Waals surface area contributed by atoms with Gasteiger partial charge in [0, 0.05) is 41.7 Å². The lowest BCUT2D eigenvalue weighted by Gasteiger charge is -2.21. The number of primary amides is 1. The summed E-state index contributed by atoms with van der Waals surface area (Å²) in [4.78, 5) is 15.8. The largest absolute Gasteiger partial charge is 0.488 e. The average Bonchev–Trinajstić information content (AvgIpc) is 3.48. The zero-order chi connectivity index (χ0) is 32.2. The molecule has 1 aliphatic carbocycles. The Balaban J connectivity index is 1.28. The van der Waals surface area contributed by atoms with Crippen molar-refractivity contribution in [3.8, 4) is 40.2 Å². The highest BCUT2D eigenvalue weighted by Crippen LogP contribution is 2.45. The Morgan fingerprint density at radius 2 is 2.02 bits per heavy atom. The summed E-state index contributed by atoms with van der Waals surface area (Å²) in [6.07, 6.45) is 3.98. The maximum atomic E-state index is 15.6. The Hall–Kier alpha value is -4.89. The van der Waals surface area contributed by atoms with Crippen LogP contribution in [0.1, 0.15) is 40.3 Å². The molecule has 46 heavy (non-hydrogen) atoms. The van der Waals surface area contributed by atoms with Crippen LogP contribution in [0.25, 0.3) is 11.1 Å². The predicted molar refractivity (Wildman–Crippen MR) is 166 cm³/mol. The second-order valence-electron chi connectivity index (χ2n) is 10.9. The van der Waals surface area contributed by atoms with E-state index in [1.54, 1.807) is 36.5 Å². The number of ether oxygens (including phenoxy) is 4. The quantitative estimate of drug-likeness (QED) is 0.210. The number of pyridine rings is 1. The number of hydrogen-bond donors (Lipinski definition) is 3. The molecule has 0 saturated carbocycles. The van der Waals surface area contributed by atoms with Gasteiger partial charge in [0.1, 0.15) is 49.5 Å². The van der Waals surface area contributed by atoms with Crippen molar-refractivity contribution in [2.45, 2.75) is 38.1 Å². The Labute approximate surface area is 269 Å². The highest BCUT2D eigenvalue weighted by atomic mass is 35.5. The van der Waals surface area contributed by atoms with E-state index >= 15 is 4.39 Å². The maximum absolute atomic E-state index is 15.6. The molecule has 0 unspecified atom stereocenters. The summed E-state index contributed by atoms with van der Waals surface area (Å²) in [6.45, 7) is 0.379. The number of nitriles is 1. The highest BCUT2D eigenvalue weighted by Gasteiger charge is 2.30. The molecule has 3 aromatic carbocycles. The lowest BCUT2D eigenvalue weighted by Crippen LogP contribution is -2.43. The molecule has 1 aromatic heterocycles. The van der Waals surface area contributed by atoms with Crippen LogP contribution in [-0.4, -0.2) is 41.9 Å². The van der Waals surface area contributed by atoms with Gasteiger partial charge in [-0.15, -0.1) is 0 Å². The number of hydrogen-bond acceptors (Lipinski definition) is 9. The van der Waals surface area contributed by atoms with E-state index in [0.717, 1.165) is 16.7 Å². The molecular formula is C34H30ClFN4O6. The first-order chi connectivity index (χ1) is 22.4. The molecule has 0 saturated heterocycles. The van der Waals surface area contributed by atoms with Crippen molar-refractivity contribution in [3.05, 3.63) is 99.6 Å². The van der Waals surface area contributed by atoms with E-state index in [1.807, 2.05) is 18.2 Å². The third-order valence-corrected chi connectivity index (χ3v) is 8.22. The van der Waals surface area contributed by atoms with Crippen LogP contribution in [0.2, 0.25) is 5.02 Å². The number of aliphatic hydroxyl groups excluding tert-OH is 1. The van der Waals surface area contributed by atoms with Gasteiger partial charge >= 0.3 is 0 Å². The molecule has 2 heterocycles. The number of amides is 1. The Kier molecular flexibility index (Phi) is 9.21. The van der Waals surface area contributed by atoms with Crippen LogP contribution in [0, 0.1) is 17.1 Å². The molecule has 2 atom stereocenters. The molecule has 1 amide bonds. The summed E-state index contributed by atoms with van der Waals surface area (Å²) in [7, 11) is 0. The van der Waals surface area contributed by atoms with Crippen molar-refractivity contribution >= 4 is 17.5 Å². The third-order valence-electron chi connectivity index (χ3n) is 7.92. The summed E-state index contributed by atoms with van der Waals surface area (Å²) < 4.78 is 39.3. The van der Waals surface area contributed by atoms with Crippen LogP contribution in [0.3, 0.4) is 0 Å². The van der Waals surface area contributed by atoms with E-state index in [4.69, 9.17) is 36.3 Å². The molecule has 0 bridgehead atoms. The third kappa shape index (κ3) is 6.41. The minimum atomic E-state index is -0.970. The van der Waals surface area contributed by atoms with E-state index in [1.165, 1.54) is 6.20 Å². The number of nitrogens with one attached hydrogen (secondary N) is 1. The second kappa shape index (κ2) is 13.6. The SMILES string of the molecule is N#Cc1cncc(COc2cc(O[C@H]3CCc4c(-c5ccc6c(c5F)OCCO6)cccc43)c(Cl)cc2CN[C@@H](CO)C(N)=O)c1. The highest BCUT2D eigenvalue weighted by molar-refractivity contribution is 6.32. The van der Waals surface area contributed by atoms with Gasteiger partial charge in [0.15, 0.2) is 17.3 Å². The maximum Gasteiger partial charge on any atom is 0.236 e. The van der Waals surface area contributed by atoms with Crippen LogP contribution in [-0.2, 0) is 24.4 Å². The van der Waals surface area contributed by atoms with Crippen molar-refractivity contribution in [1.82, 2.24) is 10.3 Å². The van der Waals surface area contributed by atoms with Crippen molar-refractivity contribution in [1.29, 1.82) is 5.26 Å². The number of rotatable bonds is 11. The summed E-state index contributed by atoms with van der Waals surface area (Å²) >= 11 is 6.72. The molecule has 236 valence electrons. The number of halogens is 2. The molecular weight excluding hydrogens is 615 g/mol. The number of carbonyl (C=O) groups is 1. The van der Waals surface area contributed by atoms with Crippen LogP contribution >= 0.6 is 11.6 Å². The van der Waals surface area contributed by atoms with Gasteiger partial charge in [0.05, 0.1) is 17.2 Å². The van der Waals surface area contributed by atoms with Crippen LogP contribution in [0.5, 0.6) is 23.0 Å². The fraction of sp³-hybridized carbons (Fsp3) is 0.265. The average molecular weight is 645 g/mol. The summed E-state index contributed by atoms with van der Waals surface area (Å²) in [5.74, 6) is 0.123. The molecule has 4 N–H and O–H groups in total. The number of fused-ring (bicyclic) bond motifs is 2. The number of aliphatic hydroxyl groups is 1. The molecule has 4 aromatic rings. The fourth-order valence-electron chi connectivity index (χ4n) is 5.65. The summed E-state index contributed by atoms with van der Waals surface area (Å²) in [6, 6.07) is 15.2. The first-order valence-corrected chi connectivity index (χ1v) is 15.0. The van der Waals surface area contributed by atoms with Gasteiger partial charge < -0.3 is 29.8 Å². The molecule has 12 heteroatoms. The van der Waals surface area contributed by atoms with Gasteiger partial charge in [0.25, 0.3) is 0 Å². The first kappa shape index (κ1) is 31.1. The lowest BCUT2D eigenvalue weighted by molar-refractivity contribution is -0.120. The minimum absolute atomic E-state index is 0.0898. The van der Waals surface area contributed by atoms with Gasteiger partial charge in [-0.2, -0.15) is 5.26 Å². The van der Waals surface area contributed by atoms with Gasteiger partial charge in [-0.05, 0) is 53.8 Å². The summed E-state index contributed by atoms with van der Waals surface area (Å²) in [5, 5.41) is 22.0. The van der Waals surface area contributed by atoms with Crippen LogP contribution in [0.15, 0.2) is 60.9 Å². The standard InChI is InChI=1S/C34H30ClFN4O6/c35-26-11-21(16-40-27(17-41)34(38)42)30(45-18-20-10-19(13-37)14-39-15-20)12-31(26)46-28-6-4-23-22(2-1-3-24(23)28)25-5-7-29-33(32(25)36)44-9-8-43-29/h1-3,5,7,10-12,14-15,27-28,40-41H,4,6,8-9,16-18H2,(H2,38,42)/t27-,28-/m0/s1. The molecule has 0 radical (unpaired) electrons. The van der Waals surface area contributed by atoms with Crippen molar-refractivity contribution in [2.75, 3.05) is 19.8 Å². The first-order valence-electron chi connectivity index (χ1n) is 14.7. The fourth-order valence-corrected chi connectivity index (χ4v) is 5.88. The molecule has 1 aliphatic heterocycles. The molecule has 0 fully saturated rings. The van der Waals surface area contributed by atoms with E-state index in [0.29, 0.717) is 64.0 Å². The van der Waals surface area contributed by atoms with Crippen molar-refractivity contribution < 1.29 is 33.2 Å². The molecule has 2 aliphatic rings. The van der Waals surface area contributed by atoms with E-state index < -0.39 is 24.4 Å². The topological polar surface area (TPSA) is 149 Å². The van der Waals surface area contributed by atoms with Gasteiger partial charge in [0.2, 0.25) is 5.91 Å². The zero-order valence-corrected chi connectivity index (χ0v) is 25.4. The van der Waals surface area contributed by atoms with Gasteiger partial charge in [-0.1, -0.05) is 29.8 Å². The molecule has 6 rings (SSSR count). The zero-order valence-electron chi connectivity index (χ0n) is 24.6. The van der Waals surface area contributed by atoms with E-state index in [9.17, 15) is 15.2 Å². The van der Waals surface area contributed by atoms with Crippen LogP contribution in [0.4, 0.5) is 4.39 Å². The van der Waals surface area contributed by atoms with Crippen molar-refractivity contribution in [2.24, 2.45) is 5.73 Å². The monoisotopic (exact) mass is 644 g/mol. The molecule has 0 spiro atoms. The second-order valence-corrected chi connectivity index (χ2v) is 11.3. The van der Waals surface area contributed by atoms with Gasteiger partial charge in [-0.3, -0.25) is 15.1 Å². The Morgan fingerprint density at radius 3 is 2.83 bits per heavy atom. The van der Waals surface area contributed by atoms with Gasteiger partial charge in [-0.25, -0.2) is 4.39 Å². The number of benzene rings is 3.